The number of amides is 3. The van der Waals surface area contributed by atoms with Crippen molar-refractivity contribution in [2.45, 2.75) is 57.0 Å². The third-order valence-corrected chi connectivity index (χ3v) is 4.20. The number of carboxylic acids is 1. The number of rotatable bonds is 5. The van der Waals surface area contributed by atoms with Crippen LogP contribution in [0.5, 0.6) is 0 Å². The number of urea groups is 1. The van der Waals surface area contributed by atoms with Gasteiger partial charge in [-0.05, 0) is 38.6 Å². The fourth-order valence-electron chi connectivity index (χ4n) is 3.17. The minimum Gasteiger partial charge on any atom is -0.481 e. The Balaban J connectivity index is 1.64. The molecule has 0 saturated carbocycles. The van der Waals surface area contributed by atoms with E-state index in [1.165, 1.54) is 12.8 Å². The lowest BCUT2D eigenvalue weighted by molar-refractivity contribution is -0.137. The van der Waals surface area contributed by atoms with E-state index in [2.05, 4.69) is 15.5 Å². The SMILES string of the molecule is O=C(O)CCCC(=O)NC(=O)NC1CCN2CCCC2C1. The Morgan fingerprint density at radius 1 is 1.14 bits per heavy atom. The summed E-state index contributed by atoms with van der Waals surface area (Å²) in [6.07, 6.45) is 4.52. The third kappa shape index (κ3) is 5.00. The Kier molecular flexibility index (Phi) is 5.55. The fourth-order valence-corrected chi connectivity index (χ4v) is 3.17. The maximum Gasteiger partial charge on any atom is 0.321 e. The number of carbonyl (C=O) groups excluding carboxylic acids is 2. The van der Waals surface area contributed by atoms with Gasteiger partial charge in [0.1, 0.15) is 0 Å². The lowest BCUT2D eigenvalue weighted by Gasteiger charge is -2.35. The molecule has 0 bridgehead atoms. The van der Waals surface area contributed by atoms with Crippen molar-refractivity contribution >= 4 is 17.9 Å². The highest BCUT2D eigenvalue weighted by Crippen LogP contribution is 2.26. The second-order valence-electron chi connectivity index (χ2n) is 5.82. The molecule has 3 N–H and O–H groups in total. The van der Waals surface area contributed by atoms with Gasteiger partial charge in [0.2, 0.25) is 5.91 Å². The Bertz CT molecular complexity index is 413. The van der Waals surface area contributed by atoms with Crippen molar-refractivity contribution in [2.75, 3.05) is 13.1 Å². The maximum atomic E-state index is 11.7. The van der Waals surface area contributed by atoms with E-state index >= 15 is 0 Å². The van der Waals surface area contributed by atoms with Gasteiger partial charge in [0, 0.05) is 31.5 Å². The van der Waals surface area contributed by atoms with Crippen LogP contribution in [0, 0.1) is 0 Å². The lowest BCUT2D eigenvalue weighted by atomic mass is 9.98. The summed E-state index contributed by atoms with van der Waals surface area (Å²) in [6, 6.07) is 0.221. The summed E-state index contributed by atoms with van der Waals surface area (Å²) >= 11 is 0. The van der Waals surface area contributed by atoms with Gasteiger partial charge in [-0.15, -0.1) is 0 Å². The molecule has 0 aliphatic carbocycles. The number of fused-ring (bicyclic) bond motifs is 1. The zero-order valence-electron chi connectivity index (χ0n) is 12.1. The minimum absolute atomic E-state index is 0.0563. The molecule has 2 atom stereocenters. The van der Waals surface area contributed by atoms with Gasteiger partial charge in [0.15, 0.2) is 0 Å². The predicted octanol–water partition coefficient (Wildman–Crippen LogP) is 0.694. The van der Waals surface area contributed by atoms with Crippen LogP contribution < -0.4 is 10.6 Å². The van der Waals surface area contributed by atoms with E-state index in [-0.39, 0.29) is 25.3 Å². The van der Waals surface area contributed by atoms with Gasteiger partial charge in [-0.2, -0.15) is 0 Å². The van der Waals surface area contributed by atoms with Crippen LogP contribution in [0.15, 0.2) is 0 Å². The van der Waals surface area contributed by atoms with Crippen LogP contribution in [0.2, 0.25) is 0 Å². The Hall–Kier alpha value is -1.63. The number of hydrogen-bond donors (Lipinski definition) is 3. The van der Waals surface area contributed by atoms with Crippen LogP contribution >= 0.6 is 0 Å². The van der Waals surface area contributed by atoms with Crippen LogP contribution in [0.1, 0.15) is 44.9 Å². The third-order valence-electron chi connectivity index (χ3n) is 4.20. The van der Waals surface area contributed by atoms with Crippen molar-refractivity contribution in [3.8, 4) is 0 Å². The molecule has 2 unspecified atom stereocenters. The first-order chi connectivity index (χ1) is 10.0. The molecule has 0 spiro atoms. The summed E-state index contributed by atoms with van der Waals surface area (Å²) in [4.78, 5) is 36.0. The fraction of sp³-hybridized carbons (Fsp3) is 0.786. The predicted molar refractivity (Wildman–Crippen MR) is 75.8 cm³/mol. The average Bonchev–Trinajstić information content (AvgIpc) is 2.85. The molecule has 3 amide bonds. The standard InChI is InChI=1S/C14H23N3O4/c18-12(4-1-5-13(19)20)16-14(21)15-10-6-8-17-7-2-3-11(17)9-10/h10-11H,1-9H2,(H,19,20)(H2,15,16,18,21). The summed E-state index contributed by atoms with van der Waals surface area (Å²) in [6.45, 7) is 2.16. The van der Waals surface area contributed by atoms with Crippen LogP contribution in [0.25, 0.3) is 0 Å². The zero-order valence-corrected chi connectivity index (χ0v) is 12.1. The van der Waals surface area contributed by atoms with Crippen molar-refractivity contribution in [3.05, 3.63) is 0 Å². The van der Waals surface area contributed by atoms with Gasteiger partial charge >= 0.3 is 12.0 Å². The highest BCUT2D eigenvalue weighted by molar-refractivity contribution is 5.94. The summed E-state index contributed by atoms with van der Waals surface area (Å²) in [7, 11) is 0. The topological polar surface area (TPSA) is 98.7 Å². The van der Waals surface area contributed by atoms with Crippen molar-refractivity contribution < 1.29 is 19.5 Å². The number of aliphatic carboxylic acids is 1. The first-order valence-electron chi connectivity index (χ1n) is 7.61. The van der Waals surface area contributed by atoms with E-state index in [4.69, 9.17) is 5.11 Å². The second-order valence-corrected chi connectivity index (χ2v) is 5.82. The molecule has 7 nitrogen and oxygen atoms in total. The van der Waals surface area contributed by atoms with Crippen molar-refractivity contribution in [3.63, 3.8) is 0 Å². The summed E-state index contributed by atoms with van der Waals surface area (Å²) in [5.74, 6) is -1.36. The van der Waals surface area contributed by atoms with E-state index in [1.807, 2.05) is 0 Å². The number of carboxylic acid groups (broad SMARTS) is 1. The van der Waals surface area contributed by atoms with E-state index < -0.39 is 17.9 Å². The van der Waals surface area contributed by atoms with E-state index in [9.17, 15) is 14.4 Å². The maximum absolute atomic E-state index is 11.7. The number of imide groups is 1. The molecule has 2 aliphatic heterocycles. The van der Waals surface area contributed by atoms with Gasteiger partial charge in [0.25, 0.3) is 0 Å². The van der Waals surface area contributed by atoms with Crippen LogP contribution in [0.4, 0.5) is 4.79 Å². The zero-order chi connectivity index (χ0) is 15.2. The molecule has 0 aromatic heterocycles. The van der Waals surface area contributed by atoms with E-state index in [0.717, 1.165) is 25.9 Å². The number of nitrogens with zero attached hydrogens (tertiary/aromatic N) is 1. The molecule has 2 fully saturated rings. The highest BCUT2D eigenvalue weighted by Gasteiger charge is 2.32. The number of piperidine rings is 1. The van der Waals surface area contributed by atoms with Gasteiger partial charge in [-0.1, -0.05) is 0 Å². The Labute approximate surface area is 124 Å². The van der Waals surface area contributed by atoms with Gasteiger partial charge in [-0.25, -0.2) is 4.79 Å². The molecule has 2 saturated heterocycles. The number of carbonyl (C=O) groups is 3. The highest BCUT2D eigenvalue weighted by atomic mass is 16.4. The Morgan fingerprint density at radius 2 is 1.95 bits per heavy atom. The summed E-state index contributed by atoms with van der Waals surface area (Å²) in [5.41, 5.74) is 0. The smallest absolute Gasteiger partial charge is 0.321 e. The van der Waals surface area contributed by atoms with Crippen LogP contribution in [-0.4, -0.2) is 53.1 Å². The molecule has 2 heterocycles. The summed E-state index contributed by atoms with van der Waals surface area (Å²) < 4.78 is 0. The molecular weight excluding hydrogens is 274 g/mol. The molecule has 7 heteroatoms. The molecule has 118 valence electrons. The summed E-state index contributed by atoms with van der Waals surface area (Å²) in [5, 5.41) is 13.6. The molecule has 0 radical (unpaired) electrons. The van der Waals surface area contributed by atoms with Crippen LogP contribution in [-0.2, 0) is 9.59 Å². The van der Waals surface area contributed by atoms with Crippen molar-refractivity contribution in [1.29, 1.82) is 0 Å². The van der Waals surface area contributed by atoms with E-state index in [0.29, 0.717) is 6.04 Å². The first kappa shape index (κ1) is 15.8. The molecule has 2 aliphatic rings. The normalized spacial score (nSPS) is 25.1. The largest absolute Gasteiger partial charge is 0.481 e. The molecule has 21 heavy (non-hydrogen) atoms. The lowest BCUT2D eigenvalue weighted by Crippen LogP contribution is -2.50. The molecule has 2 rings (SSSR count). The monoisotopic (exact) mass is 297 g/mol. The number of hydrogen-bond acceptors (Lipinski definition) is 4. The quantitative estimate of drug-likeness (QED) is 0.693. The van der Waals surface area contributed by atoms with Crippen molar-refractivity contribution in [1.82, 2.24) is 15.5 Å². The van der Waals surface area contributed by atoms with Gasteiger partial charge < -0.3 is 15.3 Å². The second kappa shape index (κ2) is 7.40. The molecule has 0 aromatic rings. The molecular formula is C14H23N3O4. The molecule has 0 aromatic carbocycles. The van der Waals surface area contributed by atoms with Gasteiger partial charge in [0.05, 0.1) is 0 Å². The minimum atomic E-state index is -0.935. The number of nitrogens with one attached hydrogen (secondary N) is 2. The first-order valence-corrected chi connectivity index (χ1v) is 7.61. The average molecular weight is 297 g/mol. The van der Waals surface area contributed by atoms with Crippen LogP contribution in [0.3, 0.4) is 0 Å². The Morgan fingerprint density at radius 3 is 2.71 bits per heavy atom. The van der Waals surface area contributed by atoms with Gasteiger partial charge in [-0.3, -0.25) is 14.9 Å². The van der Waals surface area contributed by atoms with E-state index in [1.54, 1.807) is 0 Å². The van der Waals surface area contributed by atoms with Crippen molar-refractivity contribution in [2.24, 2.45) is 0 Å².